The summed E-state index contributed by atoms with van der Waals surface area (Å²) in [5.74, 6) is 1.89. The molecule has 0 aliphatic heterocycles. The number of hydrogen-bond acceptors (Lipinski definition) is 4. The highest BCUT2D eigenvalue weighted by Crippen LogP contribution is 2.17. The molecular formula is C10H17N3O. The summed E-state index contributed by atoms with van der Waals surface area (Å²) >= 11 is 0. The van der Waals surface area contributed by atoms with Gasteiger partial charge in [-0.25, -0.2) is 9.97 Å². The van der Waals surface area contributed by atoms with Crippen molar-refractivity contribution in [1.82, 2.24) is 9.97 Å². The van der Waals surface area contributed by atoms with Crippen LogP contribution in [0.15, 0.2) is 6.20 Å². The molecule has 0 aliphatic carbocycles. The Labute approximate surface area is 84.5 Å². The van der Waals surface area contributed by atoms with Crippen molar-refractivity contribution >= 4 is 0 Å². The lowest BCUT2D eigenvalue weighted by molar-refractivity contribution is 0.403. The lowest BCUT2D eigenvalue weighted by Gasteiger charge is -2.09. The van der Waals surface area contributed by atoms with E-state index in [2.05, 4.69) is 23.8 Å². The molecule has 0 saturated heterocycles. The maximum Gasteiger partial charge on any atom is 0.158 e. The molecule has 0 aromatic carbocycles. The maximum absolute atomic E-state index is 5.49. The molecule has 4 nitrogen and oxygen atoms in total. The molecule has 1 aromatic rings. The lowest BCUT2D eigenvalue weighted by atomic mass is 10.2. The zero-order valence-corrected chi connectivity index (χ0v) is 8.95. The van der Waals surface area contributed by atoms with Gasteiger partial charge in [-0.2, -0.15) is 0 Å². The van der Waals surface area contributed by atoms with Gasteiger partial charge in [-0.3, -0.25) is 0 Å². The van der Waals surface area contributed by atoms with Crippen molar-refractivity contribution < 1.29 is 4.74 Å². The molecule has 78 valence electrons. The largest absolute Gasteiger partial charge is 0.493 e. The Morgan fingerprint density at radius 2 is 2.21 bits per heavy atom. The van der Waals surface area contributed by atoms with Crippen molar-refractivity contribution in [2.75, 3.05) is 13.7 Å². The number of aromatic nitrogens is 2. The Bertz CT molecular complexity index is 299. The Morgan fingerprint density at radius 3 is 2.71 bits per heavy atom. The quantitative estimate of drug-likeness (QED) is 0.781. The topological polar surface area (TPSA) is 61.0 Å². The third-order valence-corrected chi connectivity index (χ3v) is 1.97. The smallest absolute Gasteiger partial charge is 0.158 e. The van der Waals surface area contributed by atoms with Crippen LogP contribution in [0.2, 0.25) is 0 Å². The Balaban J connectivity index is 3.01. The molecule has 0 bridgehead atoms. The van der Waals surface area contributed by atoms with Crippen molar-refractivity contribution in [2.45, 2.75) is 26.2 Å². The van der Waals surface area contributed by atoms with Gasteiger partial charge in [-0.15, -0.1) is 0 Å². The van der Waals surface area contributed by atoms with Crippen LogP contribution in [0.3, 0.4) is 0 Å². The number of rotatable bonds is 4. The average molecular weight is 195 g/mol. The van der Waals surface area contributed by atoms with Crippen LogP contribution in [0.25, 0.3) is 0 Å². The van der Waals surface area contributed by atoms with Gasteiger partial charge in [-0.1, -0.05) is 13.8 Å². The van der Waals surface area contributed by atoms with Crippen molar-refractivity contribution in [2.24, 2.45) is 5.73 Å². The molecule has 0 radical (unpaired) electrons. The summed E-state index contributed by atoms with van der Waals surface area (Å²) in [6, 6.07) is 0. The monoisotopic (exact) mass is 195 g/mol. The molecule has 1 aromatic heterocycles. The van der Waals surface area contributed by atoms with Crippen LogP contribution < -0.4 is 10.5 Å². The standard InChI is InChI=1S/C10H17N3O/c1-7(2)10-12-6-9(14-3)8(13-10)4-5-11/h6-7H,4-5,11H2,1-3H3. The van der Waals surface area contributed by atoms with E-state index >= 15 is 0 Å². The first-order valence-corrected chi connectivity index (χ1v) is 4.79. The highest BCUT2D eigenvalue weighted by molar-refractivity contribution is 5.25. The molecule has 0 amide bonds. The van der Waals surface area contributed by atoms with Gasteiger partial charge >= 0.3 is 0 Å². The normalized spacial score (nSPS) is 10.6. The van der Waals surface area contributed by atoms with E-state index in [1.54, 1.807) is 13.3 Å². The highest BCUT2D eigenvalue weighted by Gasteiger charge is 2.08. The first-order chi connectivity index (χ1) is 6.69. The van der Waals surface area contributed by atoms with Crippen LogP contribution in [0.1, 0.15) is 31.3 Å². The van der Waals surface area contributed by atoms with E-state index in [9.17, 15) is 0 Å². The summed E-state index contributed by atoms with van der Waals surface area (Å²) in [6.07, 6.45) is 2.44. The van der Waals surface area contributed by atoms with Crippen molar-refractivity contribution in [3.8, 4) is 5.75 Å². The number of nitrogens with two attached hydrogens (primary N) is 1. The molecule has 1 rings (SSSR count). The van der Waals surface area contributed by atoms with Gasteiger partial charge in [0.1, 0.15) is 5.82 Å². The zero-order valence-electron chi connectivity index (χ0n) is 8.95. The number of methoxy groups -OCH3 is 1. The molecular weight excluding hydrogens is 178 g/mol. The van der Waals surface area contributed by atoms with Gasteiger partial charge in [0.05, 0.1) is 19.0 Å². The third-order valence-electron chi connectivity index (χ3n) is 1.97. The molecule has 0 unspecified atom stereocenters. The van der Waals surface area contributed by atoms with E-state index in [0.29, 0.717) is 12.5 Å². The predicted molar refractivity (Wildman–Crippen MR) is 55.4 cm³/mol. The van der Waals surface area contributed by atoms with E-state index in [1.807, 2.05) is 0 Å². The molecule has 0 aliphatic rings. The van der Waals surface area contributed by atoms with Crippen LogP contribution in [0.4, 0.5) is 0 Å². The zero-order chi connectivity index (χ0) is 10.6. The molecule has 0 fully saturated rings. The predicted octanol–water partition coefficient (Wildman–Crippen LogP) is 1.11. The van der Waals surface area contributed by atoms with Gasteiger partial charge < -0.3 is 10.5 Å². The van der Waals surface area contributed by atoms with E-state index in [4.69, 9.17) is 10.5 Å². The number of ether oxygens (including phenoxy) is 1. The van der Waals surface area contributed by atoms with Gasteiger partial charge in [0.15, 0.2) is 5.75 Å². The Kier molecular flexibility index (Phi) is 3.83. The molecule has 4 heteroatoms. The van der Waals surface area contributed by atoms with E-state index in [-0.39, 0.29) is 0 Å². The second-order valence-corrected chi connectivity index (χ2v) is 3.44. The number of nitrogens with zero attached hydrogens (tertiary/aromatic N) is 2. The second kappa shape index (κ2) is 4.91. The molecule has 0 spiro atoms. The second-order valence-electron chi connectivity index (χ2n) is 3.44. The molecule has 2 N–H and O–H groups in total. The minimum atomic E-state index is 0.331. The minimum absolute atomic E-state index is 0.331. The van der Waals surface area contributed by atoms with Gasteiger partial charge in [0.2, 0.25) is 0 Å². The fourth-order valence-corrected chi connectivity index (χ4v) is 1.19. The molecule has 0 atom stereocenters. The first kappa shape index (κ1) is 10.9. The molecule has 1 heterocycles. The van der Waals surface area contributed by atoms with Gasteiger partial charge in [0, 0.05) is 12.3 Å². The minimum Gasteiger partial charge on any atom is -0.493 e. The van der Waals surface area contributed by atoms with Gasteiger partial charge in [-0.05, 0) is 6.54 Å². The number of hydrogen-bond donors (Lipinski definition) is 1. The summed E-state index contributed by atoms with van der Waals surface area (Å²) in [7, 11) is 1.62. The highest BCUT2D eigenvalue weighted by atomic mass is 16.5. The van der Waals surface area contributed by atoms with Crippen LogP contribution in [0, 0.1) is 0 Å². The van der Waals surface area contributed by atoms with Crippen LogP contribution in [-0.2, 0) is 6.42 Å². The van der Waals surface area contributed by atoms with Crippen molar-refractivity contribution in [3.05, 3.63) is 17.7 Å². The van der Waals surface area contributed by atoms with Crippen LogP contribution >= 0.6 is 0 Å². The molecule has 14 heavy (non-hydrogen) atoms. The molecule has 0 saturated carbocycles. The van der Waals surface area contributed by atoms with Crippen molar-refractivity contribution in [3.63, 3.8) is 0 Å². The summed E-state index contributed by atoms with van der Waals surface area (Å²) in [5.41, 5.74) is 6.39. The van der Waals surface area contributed by atoms with Gasteiger partial charge in [0.25, 0.3) is 0 Å². The fourth-order valence-electron chi connectivity index (χ4n) is 1.19. The Hall–Kier alpha value is -1.16. The SMILES string of the molecule is COc1cnc(C(C)C)nc1CCN. The summed E-state index contributed by atoms with van der Waals surface area (Å²) < 4.78 is 5.15. The first-order valence-electron chi connectivity index (χ1n) is 4.79. The van der Waals surface area contributed by atoms with Crippen molar-refractivity contribution in [1.29, 1.82) is 0 Å². The lowest BCUT2D eigenvalue weighted by Crippen LogP contribution is -2.09. The van der Waals surface area contributed by atoms with Crippen LogP contribution in [0.5, 0.6) is 5.75 Å². The summed E-state index contributed by atoms with van der Waals surface area (Å²) in [6.45, 7) is 4.70. The third kappa shape index (κ3) is 2.42. The summed E-state index contributed by atoms with van der Waals surface area (Å²) in [5, 5.41) is 0. The average Bonchev–Trinajstić information content (AvgIpc) is 2.18. The maximum atomic E-state index is 5.49. The summed E-state index contributed by atoms with van der Waals surface area (Å²) in [4.78, 5) is 8.63. The van der Waals surface area contributed by atoms with Crippen LogP contribution in [-0.4, -0.2) is 23.6 Å². The van der Waals surface area contributed by atoms with E-state index < -0.39 is 0 Å². The Morgan fingerprint density at radius 1 is 1.50 bits per heavy atom. The van der Waals surface area contributed by atoms with E-state index in [0.717, 1.165) is 23.7 Å². The van der Waals surface area contributed by atoms with E-state index in [1.165, 1.54) is 0 Å². The fraction of sp³-hybridized carbons (Fsp3) is 0.600.